The number of benzene rings is 1. The van der Waals surface area contributed by atoms with Gasteiger partial charge in [0, 0.05) is 6.42 Å². The maximum Gasteiger partial charge on any atom is 0.418 e. The first-order chi connectivity index (χ1) is 11.8. The summed E-state index contributed by atoms with van der Waals surface area (Å²) in [4.78, 5) is 28.2. The van der Waals surface area contributed by atoms with Gasteiger partial charge in [-0.1, -0.05) is 19.1 Å². The van der Waals surface area contributed by atoms with Crippen LogP contribution in [0, 0.1) is 0 Å². The minimum absolute atomic E-state index is 0.232. The lowest BCUT2D eigenvalue weighted by Gasteiger charge is -2.14. The summed E-state index contributed by atoms with van der Waals surface area (Å²) >= 11 is 0. The van der Waals surface area contributed by atoms with Gasteiger partial charge in [-0.2, -0.15) is 23.3 Å². The van der Waals surface area contributed by atoms with Gasteiger partial charge in [-0.15, -0.1) is 0 Å². The lowest BCUT2D eigenvalue weighted by atomic mass is 10.1. The number of hydrogen-bond donors (Lipinski definition) is 2. The van der Waals surface area contributed by atoms with E-state index in [1.807, 2.05) is 6.92 Å². The first-order valence-electron chi connectivity index (χ1n) is 7.52. The van der Waals surface area contributed by atoms with Crippen molar-refractivity contribution >= 4 is 23.5 Å². The van der Waals surface area contributed by atoms with Crippen LogP contribution in [0.4, 0.5) is 24.8 Å². The fraction of sp³-hybridized carbons (Fsp3) is 0.333. The number of aryl methyl sites for hydroxylation is 1. The Morgan fingerprint density at radius 2 is 2.08 bits per heavy atom. The molecule has 7 nitrogen and oxygen atoms in total. The van der Waals surface area contributed by atoms with Crippen molar-refractivity contribution in [1.82, 2.24) is 14.8 Å². The highest BCUT2D eigenvalue weighted by Crippen LogP contribution is 2.35. The Kier molecular flexibility index (Phi) is 4.19. The Morgan fingerprint density at radius 3 is 2.76 bits per heavy atom. The van der Waals surface area contributed by atoms with E-state index in [1.165, 1.54) is 16.8 Å². The van der Waals surface area contributed by atoms with Gasteiger partial charge in [-0.3, -0.25) is 14.9 Å². The highest BCUT2D eigenvalue weighted by Gasteiger charge is 2.36. The Balaban J connectivity index is 1.76. The SMILES string of the molecule is CCc1nc2n(n1)C(CC(=O)Nc1ccccc1C(F)(F)F)C(=O)N2. The van der Waals surface area contributed by atoms with Crippen molar-refractivity contribution in [1.29, 1.82) is 0 Å². The number of nitrogens with zero attached hydrogens (tertiary/aromatic N) is 3. The van der Waals surface area contributed by atoms with E-state index in [9.17, 15) is 22.8 Å². The fourth-order valence-electron chi connectivity index (χ4n) is 2.52. The van der Waals surface area contributed by atoms with E-state index in [0.29, 0.717) is 12.2 Å². The number of anilines is 2. The van der Waals surface area contributed by atoms with Crippen LogP contribution >= 0.6 is 0 Å². The molecule has 1 aromatic carbocycles. The Labute approximate surface area is 140 Å². The Bertz CT molecular complexity index is 831. The summed E-state index contributed by atoms with van der Waals surface area (Å²) in [6.07, 6.45) is -4.39. The van der Waals surface area contributed by atoms with Crippen molar-refractivity contribution in [3.05, 3.63) is 35.7 Å². The standard InChI is InChI=1S/C15H14F3N5O2/c1-2-11-20-14-21-13(25)10(23(14)22-11)7-12(24)19-9-6-4-3-5-8(9)15(16,17)18/h3-6,10H,2,7H2,1H3,(H,19,24)(H,20,21,22,25). The van der Waals surface area contributed by atoms with Gasteiger partial charge >= 0.3 is 6.18 Å². The molecule has 3 rings (SSSR count). The first-order valence-corrected chi connectivity index (χ1v) is 7.52. The number of amides is 2. The average molecular weight is 353 g/mol. The van der Waals surface area contributed by atoms with Crippen LogP contribution < -0.4 is 10.6 Å². The van der Waals surface area contributed by atoms with Gasteiger partial charge in [0.05, 0.1) is 17.7 Å². The van der Waals surface area contributed by atoms with E-state index < -0.39 is 29.6 Å². The van der Waals surface area contributed by atoms with E-state index in [1.54, 1.807) is 0 Å². The molecule has 1 aliphatic heterocycles. The van der Waals surface area contributed by atoms with Crippen molar-refractivity contribution in [3.8, 4) is 0 Å². The number of fused-ring (bicyclic) bond motifs is 1. The van der Waals surface area contributed by atoms with Crippen LogP contribution in [-0.2, 0) is 22.2 Å². The number of carbonyl (C=O) groups excluding carboxylic acids is 2. The zero-order chi connectivity index (χ0) is 18.2. The molecular formula is C15H14F3N5O2. The molecule has 0 aliphatic carbocycles. The molecule has 0 saturated carbocycles. The van der Waals surface area contributed by atoms with Gasteiger partial charge < -0.3 is 5.32 Å². The van der Waals surface area contributed by atoms with Crippen LogP contribution in [0.25, 0.3) is 0 Å². The topological polar surface area (TPSA) is 88.9 Å². The lowest BCUT2D eigenvalue weighted by Crippen LogP contribution is -2.24. The summed E-state index contributed by atoms with van der Waals surface area (Å²) in [5.41, 5.74) is -1.31. The largest absolute Gasteiger partial charge is 0.418 e. The van der Waals surface area contributed by atoms with E-state index in [-0.39, 0.29) is 18.1 Å². The molecule has 1 unspecified atom stereocenters. The van der Waals surface area contributed by atoms with Gasteiger partial charge in [-0.25, -0.2) is 4.68 Å². The minimum atomic E-state index is -4.59. The van der Waals surface area contributed by atoms with Crippen LogP contribution in [0.3, 0.4) is 0 Å². The van der Waals surface area contributed by atoms with Crippen LogP contribution in [0.5, 0.6) is 0 Å². The number of aromatic nitrogens is 3. The van der Waals surface area contributed by atoms with Crippen molar-refractivity contribution in [2.45, 2.75) is 32.0 Å². The Hall–Kier alpha value is -2.91. The lowest BCUT2D eigenvalue weighted by molar-refractivity contribution is -0.137. The second-order valence-corrected chi connectivity index (χ2v) is 5.45. The second-order valence-electron chi connectivity index (χ2n) is 5.45. The maximum atomic E-state index is 13.0. The molecule has 10 heteroatoms. The molecule has 0 spiro atoms. The predicted octanol–water partition coefficient (Wildman–Crippen LogP) is 2.38. The fourth-order valence-corrected chi connectivity index (χ4v) is 2.52. The molecule has 2 aromatic rings. The summed E-state index contributed by atoms with van der Waals surface area (Å²) in [5.74, 6) is -0.465. The van der Waals surface area contributed by atoms with Crippen LogP contribution in [0.1, 0.15) is 30.8 Å². The molecule has 0 fully saturated rings. The van der Waals surface area contributed by atoms with Crippen molar-refractivity contribution in [2.75, 3.05) is 10.6 Å². The van der Waals surface area contributed by atoms with Gasteiger partial charge in [0.25, 0.3) is 5.91 Å². The summed E-state index contributed by atoms with van der Waals surface area (Å²) in [6, 6.07) is 3.71. The van der Waals surface area contributed by atoms with Gasteiger partial charge in [-0.05, 0) is 12.1 Å². The molecule has 1 aliphatic rings. The normalized spacial score (nSPS) is 16.5. The van der Waals surface area contributed by atoms with E-state index >= 15 is 0 Å². The summed E-state index contributed by atoms with van der Waals surface area (Å²) < 4.78 is 40.2. The highest BCUT2D eigenvalue weighted by atomic mass is 19.4. The Morgan fingerprint density at radius 1 is 1.36 bits per heavy atom. The number of alkyl halides is 3. The maximum absolute atomic E-state index is 13.0. The van der Waals surface area contributed by atoms with Crippen LogP contribution in [0.2, 0.25) is 0 Å². The third-order valence-corrected chi connectivity index (χ3v) is 3.71. The van der Waals surface area contributed by atoms with E-state index in [2.05, 4.69) is 20.7 Å². The summed E-state index contributed by atoms with van der Waals surface area (Å²) in [5, 5.41) is 8.83. The number of hydrogen-bond acceptors (Lipinski definition) is 4. The van der Waals surface area contributed by atoms with E-state index in [4.69, 9.17) is 0 Å². The monoisotopic (exact) mass is 353 g/mol. The van der Waals surface area contributed by atoms with Crippen LogP contribution in [0.15, 0.2) is 24.3 Å². The third-order valence-electron chi connectivity index (χ3n) is 3.71. The van der Waals surface area contributed by atoms with Gasteiger partial charge in [0.1, 0.15) is 6.04 Å². The molecule has 25 heavy (non-hydrogen) atoms. The quantitative estimate of drug-likeness (QED) is 0.883. The number of rotatable bonds is 4. The minimum Gasteiger partial charge on any atom is -0.325 e. The molecule has 2 amide bonds. The summed E-state index contributed by atoms with van der Waals surface area (Å²) in [7, 11) is 0. The molecule has 132 valence electrons. The summed E-state index contributed by atoms with van der Waals surface area (Å²) in [6.45, 7) is 1.84. The molecule has 2 N–H and O–H groups in total. The second kappa shape index (κ2) is 6.19. The molecule has 0 saturated heterocycles. The zero-order valence-electron chi connectivity index (χ0n) is 13.1. The number of halogens is 3. The molecule has 0 radical (unpaired) electrons. The number of nitrogens with one attached hydrogen (secondary N) is 2. The molecule has 2 heterocycles. The molecule has 1 atom stereocenters. The number of carbonyl (C=O) groups is 2. The van der Waals surface area contributed by atoms with E-state index in [0.717, 1.165) is 12.1 Å². The molecule has 1 aromatic heterocycles. The predicted molar refractivity (Wildman–Crippen MR) is 81.8 cm³/mol. The van der Waals surface area contributed by atoms with Crippen molar-refractivity contribution in [3.63, 3.8) is 0 Å². The first kappa shape index (κ1) is 16.9. The molecule has 0 bridgehead atoms. The molecular weight excluding hydrogens is 339 g/mol. The smallest absolute Gasteiger partial charge is 0.325 e. The van der Waals surface area contributed by atoms with Gasteiger partial charge in [0.2, 0.25) is 11.9 Å². The number of para-hydroxylation sites is 1. The van der Waals surface area contributed by atoms with Gasteiger partial charge in [0.15, 0.2) is 5.82 Å². The third kappa shape index (κ3) is 3.32. The van der Waals surface area contributed by atoms with Crippen LogP contribution in [-0.4, -0.2) is 26.6 Å². The highest BCUT2D eigenvalue weighted by molar-refractivity contribution is 6.01. The van der Waals surface area contributed by atoms with Crippen molar-refractivity contribution < 1.29 is 22.8 Å². The van der Waals surface area contributed by atoms with Crippen molar-refractivity contribution in [2.24, 2.45) is 0 Å². The zero-order valence-corrected chi connectivity index (χ0v) is 13.1. The average Bonchev–Trinajstić information content (AvgIpc) is 3.05.